The molecule has 1 aliphatic heterocycles. The van der Waals surface area contributed by atoms with Gasteiger partial charge in [-0.3, -0.25) is 4.79 Å². The Hall–Kier alpha value is -0.570. The third-order valence-electron chi connectivity index (χ3n) is 5.06. The molecule has 1 heterocycles. The number of amides is 1. The van der Waals surface area contributed by atoms with E-state index in [9.17, 15) is 4.79 Å². The number of rotatable bonds is 3. The van der Waals surface area contributed by atoms with Crippen molar-refractivity contribution in [3.63, 3.8) is 0 Å². The fourth-order valence-corrected chi connectivity index (χ4v) is 4.13. The molecule has 0 spiro atoms. The van der Waals surface area contributed by atoms with Gasteiger partial charge in [0.15, 0.2) is 6.54 Å². The molecule has 2 aliphatic carbocycles. The molecule has 0 unspecified atom stereocenters. The molecule has 0 aromatic heterocycles. The van der Waals surface area contributed by atoms with Crippen LogP contribution in [0, 0.1) is 11.8 Å². The average Bonchev–Trinajstić information content (AvgIpc) is 2.92. The highest BCUT2D eigenvalue weighted by atomic mass is 16.2. The van der Waals surface area contributed by atoms with E-state index in [2.05, 4.69) is 5.32 Å². The quantitative estimate of drug-likeness (QED) is 0.730. The molecule has 1 amide bonds. The van der Waals surface area contributed by atoms with E-state index >= 15 is 0 Å². The fraction of sp³-hybridized carbons (Fsp3) is 0.929. The molecule has 0 aromatic carbocycles. The van der Waals surface area contributed by atoms with E-state index < -0.39 is 0 Å². The standard InChI is InChI=1S/C14H24N2O/c17-14(10-16-6-2-1-3-7-16)15-13-9-11-4-5-12(13)8-11/h11-13H,1-10H2,(H,15,17)/p+1/t11-,12+,13-/m1/s1. The molecule has 3 fully saturated rings. The monoisotopic (exact) mass is 237 g/mol. The van der Waals surface area contributed by atoms with Gasteiger partial charge in [-0.05, 0) is 50.4 Å². The van der Waals surface area contributed by atoms with Gasteiger partial charge in [-0.25, -0.2) is 0 Å². The molecular weight excluding hydrogens is 212 g/mol. The van der Waals surface area contributed by atoms with Crippen molar-refractivity contribution in [1.82, 2.24) is 5.32 Å². The summed E-state index contributed by atoms with van der Waals surface area (Å²) < 4.78 is 0. The zero-order valence-corrected chi connectivity index (χ0v) is 10.7. The highest BCUT2D eigenvalue weighted by Crippen LogP contribution is 2.44. The molecule has 3 aliphatic rings. The Kier molecular flexibility index (Phi) is 3.37. The van der Waals surface area contributed by atoms with Gasteiger partial charge in [0, 0.05) is 6.04 Å². The predicted molar refractivity (Wildman–Crippen MR) is 66.8 cm³/mol. The van der Waals surface area contributed by atoms with Crippen LogP contribution >= 0.6 is 0 Å². The number of piperidine rings is 1. The van der Waals surface area contributed by atoms with Gasteiger partial charge in [-0.1, -0.05) is 6.42 Å². The van der Waals surface area contributed by atoms with Crippen LogP contribution in [0.2, 0.25) is 0 Å². The van der Waals surface area contributed by atoms with E-state index in [4.69, 9.17) is 0 Å². The zero-order valence-electron chi connectivity index (χ0n) is 10.7. The van der Waals surface area contributed by atoms with Crippen LogP contribution in [-0.2, 0) is 4.79 Å². The van der Waals surface area contributed by atoms with Crippen molar-refractivity contribution in [2.45, 2.75) is 51.0 Å². The highest BCUT2D eigenvalue weighted by molar-refractivity contribution is 5.77. The smallest absolute Gasteiger partial charge is 0.275 e. The summed E-state index contributed by atoms with van der Waals surface area (Å²) in [6.45, 7) is 3.11. The van der Waals surface area contributed by atoms with Gasteiger partial charge in [-0.2, -0.15) is 0 Å². The van der Waals surface area contributed by atoms with Crippen molar-refractivity contribution in [2.24, 2.45) is 11.8 Å². The second-order valence-corrected chi connectivity index (χ2v) is 6.34. The van der Waals surface area contributed by atoms with E-state index in [1.165, 1.54) is 62.9 Å². The van der Waals surface area contributed by atoms with Gasteiger partial charge in [-0.15, -0.1) is 0 Å². The SMILES string of the molecule is O=C(C[NH+]1CCCCC1)N[C@@H]1C[C@@H]2CC[C@H]1C2. The van der Waals surface area contributed by atoms with Crippen LogP contribution in [0.5, 0.6) is 0 Å². The Morgan fingerprint density at radius 1 is 1.12 bits per heavy atom. The summed E-state index contributed by atoms with van der Waals surface area (Å²) in [6, 6.07) is 0.519. The number of likely N-dealkylation sites (tertiary alicyclic amines) is 1. The molecule has 2 saturated carbocycles. The lowest BCUT2D eigenvalue weighted by molar-refractivity contribution is -0.896. The molecule has 3 rings (SSSR count). The first kappa shape index (κ1) is 11.5. The Morgan fingerprint density at radius 3 is 2.59 bits per heavy atom. The van der Waals surface area contributed by atoms with Crippen LogP contribution in [-0.4, -0.2) is 31.6 Å². The van der Waals surface area contributed by atoms with Crippen LogP contribution in [0.1, 0.15) is 44.9 Å². The van der Waals surface area contributed by atoms with Crippen LogP contribution in [0.15, 0.2) is 0 Å². The lowest BCUT2D eigenvalue weighted by Crippen LogP contribution is -3.14. The van der Waals surface area contributed by atoms with Crippen molar-refractivity contribution in [3.8, 4) is 0 Å². The zero-order chi connectivity index (χ0) is 11.7. The Labute approximate surface area is 104 Å². The van der Waals surface area contributed by atoms with Gasteiger partial charge < -0.3 is 10.2 Å². The minimum Gasteiger partial charge on any atom is -0.348 e. The number of nitrogens with one attached hydrogen (secondary N) is 2. The molecule has 2 bridgehead atoms. The molecule has 0 radical (unpaired) electrons. The molecule has 2 N–H and O–H groups in total. The summed E-state index contributed by atoms with van der Waals surface area (Å²) in [5.41, 5.74) is 0. The van der Waals surface area contributed by atoms with E-state index in [0.717, 1.165) is 11.8 Å². The molecule has 3 atom stereocenters. The number of carbonyl (C=O) groups is 1. The molecule has 96 valence electrons. The van der Waals surface area contributed by atoms with Crippen molar-refractivity contribution in [1.29, 1.82) is 0 Å². The average molecular weight is 237 g/mol. The minimum absolute atomic E-state index is 0.305. The van der Waals surface area contributed by atoms with Crippen molar-refractivity contribution in [3.05, 3.63) is 0 Å². The van der Waals surface area contributed by atoms with Crippen LogP contribution in [0.4, 0.5) is 0 Å². The maximum absolute atomic E-state index is 12.0. The summed E-state index contributed by atoms with van der Waals surface area (Å²) in [5.74, 6) is 2.03. The number of fused-ring (bicyclic) bond motifs is 2. The topological polar surface area (TPSA) is 33.5 Å². The first-order chi connectivity index (χ1) is 8.31. The molecule has 1 saturated heterocycles. The number of carbonyl (C=O) groups excluding carboxylic acids is 1. The van der Waals surface area contributed by atoms with E-state index in [1.54, 1.807) is 0 Å². The first-order valence-corrected chi connectivity index (χ1v) is 7.44. The normalized spacial score (nSPS) is 37.3. The number of quaternary nitrogens is 1. The van der Waals surface area contributed by atoms with Gasteiger partial charge in [0.05, 0.1) is 13.1 Å². The van der Waals surface area contributed by atoms with Crippen LogP contribution < -0.4 is 10.2 Å². The molecule has 3 nitrogen and oxygen atoms in total. The Morgan fingerprint density at radius 2 is 1.94 bits per heavy atom. The summed E-state index contributed by atoms with van der Waals surface area (Å²) in [5, 5.41) is 3.30. The maximum Gasteiger partial charge on any atom is 0.275 e. The molecule has 3 heteroatoms. The Bertz CT molecular complexity index is 286. The van der Waals surface area contributed by atoms with Crippen LogP contribution in [0.25, 0.3) is 0 Å². The lowest BCUT2D eigenvalue weighted by Gasteiger charge is -2.26. The third-order valence-corrected chi connectivity index (χ3v) is 5.06. The van der Waals surface area contributed by atoms with Gasteiger partial charge in [0.2, 0.25) is 0 Å². The van der Waals surface area contributed by atoms with Gasteiger partial charge >= 0.3 is 0 Å². The molecule has 0 aromatic rings. The van der Waals surface area contributed by atoms with Crippen molar-refractivity contribution >= 4 is 5.91 Å². The lowest BCUT2D eigenvalue weighted by atomic mass is 9.95. The van der Waals surface area contributed by atoms with E-state index in [1.807, 2.05) is 0 Å². The molecule has 17 heavy (non-hydrogen) atoms. The fourth-order valence-electron chi connectivity index (χ4n) is 4.13. The molecular formula is C14H25N2O+. The minimum atomic E-state index is 0.305. The maximum atomic E-state index is 12.0. The van der Waals surface area contributed by atoms with Crippen molar-refractivity contribution < 1.29 is 9.69 Å². The largest absolute Gasteiger partial charge is 0.348 e. The number of hydrogen-bond acceptors (Lipinski definition) is 1. The summed E-state index contributed by atoms with van der Waals surface area (Å²) in [7, 11) is 0. The first-order valence-electron chi connectivity index (χ1n) is 7.44. The predicted octanol–water partition coefficient (Wildman–Crippen LogP) is 0.360. The third kappa shape index (κ3) is 2.65. The van der Waals surface area contributed by atoms with Crippen LogP contribution in [0.3, 0.4) is 0 Å². The van der Waals surface area contributed by atoms with E-state index in [-0.39, 0.29) is 0 Å². The van der Waals surface area contributed by atoms with Crippen molar-refractivity contribution in [2.75, 3.05) is 19.6 Å². The highest BCUT2D eigenvalue weighted by Gasteiger charge is 2.40. The summed E-state index contributed by atoms with van der Waals surface area (Å²) in [4.78, 5) is 13.5. The van der Waals surface area contributed by atoms with Gasteiger partial charge in [0.1, 0.15) is 0 Å². The second kappa shape index (κ2) is 4.97. The van der Waals surface area contributed by atoms with E-state index in [0.29, 0.717) is 18.5 Å². The second-order valence-electron chi connectivity index (χ2n) is 6.34. The Balaban J connectivity index is 1.44. The summed E-state index contributed by atoms with van der Waals surface area (Å²) in [6.07, 6.45) is 9.36. The number of hydrogen-bond donors (Lipinski definition) is 2. The summed E-state index contributed by atoms with van der Waals surface area (Å²) >= 11 is 0. The van der Waals surface area contributed by atoms with Gasteiger partial charge in [0.25, 0.3) is 5.91 Å².